The van der Waals surface area contributed by atoms with Crippen LogP contribution in [-0.2, 0) is 17.6 Å². The van der Waals surface area contributed by atoms with Crippen molar-refractivity contribution in [1.82, 2.24) is 5.32 Å². The lowest BCUT2D eigenvalue weighted by Gasteiger charge is -2.26. The lowest BCUT2D eigenvalue weighted by atomic mass is 9.88. The van der Waals surface area contributed by atoms with Gasteiger partial charge in [-0.2, -0.15) is 0 Å². The number of fused-ring (bicyclic) bond motifs is 1. The molecule has 1 unspecified atom stereocenters. The zero-order valence-electron chi connectivity index (χ0n) is 11.9. The van der Waals surface area contributed by atoms with Crippen LogP contribution in [-0.4, -0.2) is 25.8 Å². The Kier molecular flexibility index (Phi) is 5.86. The molecule has 1 aromatic rings. The van der Waals surface area contributed by atoms with Crippen LogP contribution in [0, 0.1) is 5.92 Å². The number of rotatable bonds is 6. The third-order valence-corrected chi connectivity index (χ3v) is 4.02. The molecule has 0 spiro atoms. The molecule has 1 aliphatic carbocycles. The molecule has 1 N–H and O–H groups in total. The van der Waals surface area contributed by atoms with Crippen LogP contribution < -0.4 is 5.32 Å². The van der Waals surface area contributed by atoms with Gasteiger partial charge in [-0.25, -0.2) is 0 Å². The Morgan fingerprint density at radius 1 is 1.37 bits per heavy atom. The number of halogens is 1. The van der Waals surface area contributed by atoms with Gasteiger partial charge in [-0.05, 0) is 48.4 Å². The molecule has 1 aromatic carbocycles. The largest absolute Gasteiger partial charge is 0.380 e. The maximum Gasteiger partial charge on any atom is 0.0591 e. The molecule has 2 rings (SSSR count). The normalized spacial score (nSPS) is 18.6. The van der Waals surface area contributed by atoms with Crippen molar-refractivity contribution in [1.29, 1.82) is 0 Å². The zero-order chi connectivity index (χ0) is 13.7. The van der Waals surface area contributed by atoms with Gasteiger partial charge in [0.05, 0.1) is 6.61 Å². The fourth-order valence-electron chi connectivity index (χ4n) is 2.55. The quantitative estimate of drug-likeness (QED) is 0.807. The highest BCUT2D eigenvalue weighted by Crippen LogP contribution is 2.24. The smallest absolute Gasteiger partial charge is 0.0591 e. The number of ether oxygens (including phenoxy) is 1. The standard InChI is InChI=1S/C16H24BrNO/c1-12(2)11-19-8-7-18-16-6-4-13-9-15(17)5-3-14(13)10-16/h3,5,9,12,16,18H,4,6-8,10-11H2,1-2H3. The van der Waals surface area contributed by atoms with Crippen LogP contribution >= 0.6 is 15.9 Å². The molecule has 19 heavy (non-hydrogen) atoms. The molecule has 1 aliphatic rings. The maximum absolute atomic E-state index is 5.60. The minimum atomic E-state index is 0.608. The number of hydrogen-bond donors (Lipinski definition) is 1. The van der Waals surface area contributed by atoms with Crippen LogP contribution in [0.5, 0.6) is 0 Å². The average molecular weight is 326 g/mol. The number of benzene rings is 1. The van der Waals surface area contributed by atoms with Crippen molar-refractivity contribution in [3.8, 4) is 0 Å². The average Bonchev–Trinajstić information content (AvgIpc) is 2.38. The van der Waals surface area contributed by atoms with E-state index in [2.05, 4.69) is 53.3 Å². The van der Waals surface area contributed by atoms with Crippen LogP contribution in [0.2, 0.25) is 0 Å². The third-order valence-electron chi connectivity index (χ3n) is 3.53. The van der Waals surface area contributed by atoms with E-state index in [1.165, 1.54) is 28.4 Å². The Balaban J connectivity index is 1.71. The molecule has 0 fully saturated rings. The topological polar surface area (TPSA) is 21.3 Å². The van der Waals surface area contributed by atoms with E-state index in [1.807, 2.05) is 0 Å². The summed E-state index contributed by atoms with van der Waals surface area (Å²) in [5, 5.41) is 3.61. The number of aryl methyl sites for hydroxylation is 1. The molecule has 0 saturated heterocycles. The monoisotopic (exact) mass is 325 g/mol. The van der Waals surface area contributed by atoms with E-state index < -0.39 is 0 Å². The van der Waals surface area contributed by atoms with E-state index >= 15 is 0 Å². The summed E-state index contributed by atoms with van der Waals surface area (Å²) in [5.74, 6) is 0.625. The Bertz CT molecular complexity index is 406. The molecule has 2 nitrogen and oxygen atoms in total. The van der Waals surface area contributed by atoms with Gasteiger partial charge in [0.2, 0.25) is 0 Å². The summed E-state index contributed by atoms with van der Waals surface area (Å²) < 4.78 is 6.80. The fraction of sp³-hybridized carbons (Fsp3) is 0.625. The predicted octanol–water partition coefficient (Wildman–Crippen LogP) is 3.57. The Morgan fingerprint density at radius 3 is 3.00 bits per heavy atom. The van der Waals surface area contributed by atoms with E-state index in [0.29, 0.717) is 12.0 Å². The fourth-order valence-corrected chi connectivity index (χ4v) is 2.96. The van der Waals surface area contributed by atoms with Crippen LogP contribution in [0.15, 0.2) is 22.7 Å². The van der Waals surface area contributed by atoms with Crippen molar-refractivity contribution in [2.45, 2.75) is 39.2 Å². The maximum atomic E-state index is 5.60. The summed E-state index contributed by atoms with van der Waals surface area (Å²) in [4.78, 5) is 0. The molecule has 1 atom stereocenters. The molecular formula is C16H24BrNO. The lowest BCUT2D eigenvalue weighted by Crippen LogP contribution is -2.36. The summed E-state index contributed by atoms with van der Waals surface area (Å²) in [6.07, 6.45) is 3.56. The molecular weight excluding hydrogens is 302 g/mol. The first-order chi connectivity index (χ1) is 9.15. The Labute approximate surface area is 125 Å². The second-order valence-electron chi connectivity index (χ2n) is 5.78. The Morgan fingerprint density at radius 2 is 2.21 bits per heavy atom. The molecule has 0 aromatic heterocycles. The lowest BCUT2D eigenvalue weighted by molar-refractivity contribution is 0.109. The summed E-state index contributed by atoms with van der Waals surface area (Å²) in [6.45, 7) is 7.02. The van der Waals surface area contributed by atoms with Crippen molar-refractivity contribution in [2.24, 2.45) is 5.92 Å². The molecule has 0 aliphatic heterocycles. The van der Waals surface area contributed by atoms with Gasteiger partial charge < -0.3 is 10.1 Å². The van der Waals surface area contributed by atoms with Gasteiger partial charge in [-0.1, -0.05) is 35.8 Å². The van der Waals surface area contributed by atoms with Crippen molar-refractivity contribution >= 4 is 15.9 Å². The van der Waals surface area contributed by atoms with Crippen LogP contribution in [0.25, 0.3) is 0 Å². The summed E-state index contributed by atoms with van der Waals surface area (Å²) in [5.41, 5.74) is 3.00. The van der Waals surface area contributed by atoms with Crippen LogP contribution in [0.4, 0.5) is 0 Å². The van der Waals surface area contributed by atoms with E-state index in [0.717, 1.165) is 26.2 Å². The van der Waals surface area contributed by atoms with Gasteiger partial charge in [-0.15, -0.1) is 0 Å². The van der Waals surface area contributed by atoms with Crippen molar-refractivity contribution < 1.29 is 4.74 Å². The van der Waals surface area contributed by atoms with E-state index in [1.54, 1.807) is 0 Å². The van der Waals surface area contributed by atoms with Gasteiger partial charge in [0.15, 0.2) is 0 Å². The van der Waals surface area contributed by atoms with Crippen molar-refractivity contribution in [3.05, 3.63) is 33.8 Å². The van der Waals surface area contributed by atoms with Crippen LogP contribution in [0.3, 0.4) is 0 Å². The second-order valence-corrected chi connectivity index (χ2v) is 6.69. The highest BCUT2D eigenvalue weighted by Gasteiger charge is 2.17. The molecule has 0 bridgehead atoms. The highest BCUT2D eigenvalue weighted by atomic mass is 79.9. The second kappa shape index (κ2) is 7.41. The third kappa shape index (κ3) is 4.90. The SMILES string of the molecule is CC(C)COCCNC1CCc2cc(Br)ccc2C1. The van der Waals surface area contributed by atoms with E-state index in [-0.39, 0.29) is 0 Å². The predicted molar refractivity (Wildman–Crippen MR) is 83.6 cm³/mol. The van der Waals surface area contributed by atoms with Crippen molar-refractivity contribution in [2.75, 3.05) is 19.8 Å². The van der Waals surface area contributed by atoms with Gasteiger partial charge >= 0.3 is 0 Å². The number of hydrogen-bond acceptors (Lipinski definition) is 2. The first-order valence-electron chi connectivity index (χ1n) is 7.23. The van der Waals surface area contributed by atoms with Gasteiger partial charge in [0.25, 0.3) is 0 Å². The van der Waals surface area contributed by atoms with E-state index in [9.17, 15) is 0 Å². The van der Waals surface area contributed by atoms with Crippen molar-refractivity contribution in [3.63, 3.8) is 0 Å². The zero-order valence-corrected chi connectivity index (χ0v) is 13.5. The molecule has 0 heterocycles. The highest BCUT2D eigenvalue weighted by molar-refractivity contribution is 9.10. The van der Waals surface area contributed by atoms with Gasteiger partial charge in [0.1, 0.15) is 0 Å². The molecule has 0 saturated carbocycles. The van der Waals surface area contributed by atoms with Crippen LogP contribution in [0.1, 0.15) is 31.4 Å². The minimum absolute atomic E-state index is 0.608. The van der Waals surface area contributed by atoms with E-state index in [4.69, 9.17) is 4.74 Å². The van der Waals surface area contributed by atoms with Gasteiger partial charge in [0, 0.05) is 23.7 Å². The molecule has 3 heteroatoms. The summed E-state index contributed by atoms with van der Waals surface area (Å²) in [6, 6.07) is 7.27. The van der Waals surface area contributed by atoms with Gasteiger partial charge in [-0.3, -0.25) is 0 Å². The molecule has 0 amide bonds. The first kappa shape index (κ1) is 15.0. The first-order valence-corrected chi connectivity index (χ1v) is 8.03. The number of nitrogens with one attached hydrogen (secondary N) is 1. The Hall–Kier alpha value is -0.380. The summed E-state index contributed by atoms with van der Waals surface area (Å²) in [7, 11) is 0. The summed E-state index contributed by atoms with van der Waals surface area (Å²) >= 11 is 3.54. The molecule has 106 valence electrons. The minimum Gasteiger partial charge on any atom is -0.380 e. The molecule has 0 radical (unpaired) electrons.